The van der Waals surface area contributed by atoms with Gasteiger partial charge in [-0.2, -0.15) is 4.39 Å². The van der Waals surface area contributed by atoms with Crippen molar-refractivity contribution in [1.29, 1.82) is 0 Å². The molecule has 0 saturated carbocycles. The molecule has 0 heterocycles. The predicted molar refractivity (Wildman–Crippen MR) is 92.7 cm³/mol. The van der Waals surface area contributed by atoms with Crippen LogP contribution in [-0.2, 0) is 14.3 Å². The van der Waals surface area contributed by atoms with E-state index in [0.717, 1.165) is 17.7 Å². The number of carbonyl (C=O) groups is 2. The summed E-state index contributed by atoms with van der Waals surface area (Å²) in [6.07, 6.45) is 1.57. The van der Waals surface area contributed by atoms with E-state index in [2.05, 4.69) is 5.32 Å². The second kappa shape index (κ2) is 8.52. The van der Waals surface area contributed by atoms with E-state index >= 15 is 0 Å². The third-order valence-corrected chi connectivity index (χ3v) is 3.28. The second-order valence-corrected chi connectivity index (χ2v) is 5.24. The van der Waals surface area contributed by atoms with Crippen LogP contribution in [0.3, 0.4) is 0 Å². The Kier molecular flexibility index (Phi) is 6.15. The summed E-state index contributed by atoms with van der Waals surface area (Å²) >= 11 is 0. The third kappa shape index (κ3) is 5.23. The van der Waals surface area contributed by atoms with Gasteiger partial charge in [0.05, 0.1) is 4.92 Å². The highest BCUT2D eigenvalue weighted by Crippen LogP contribution is 2.21. The number of benzene rings is 2. The van der Waals surface area contributed by atoms with Crippen molar-refractivity contribution in [2.24, 2.45) is 0 Å². The number of nitro groups is 1. The van der Waals surface area contributed by atoms with Crippen molar-refractivity contribution in [2.45, 2.75) is 13.0 Å². The molecule has 0 aliphatic heterocycles. The largest absolute Gasteiger partial charge is 0.449 e. The van der Waals surface area contributed by atoms with Gasteiger partial charge in [-0.3, -0.25) is 14.9 Å². The molecule has 0 aromatic heterocycles. The van der Waals surface area contributed by atoms with Gasteiger partial charge in [-0.25, -0.2) is 4.79 Å². The number of amides is 1. The molecule has 2 aromatic rings. The van der Waals surface area contributed by atoms with Crippen LogP contribution in [0.4, 0.5) is 15.8 Å². The van der Waals surface area contributed by atoms with Crippen molar-refractivity contribution in [2.75, 3.05) is 5.32 Å². The topological polar surface area (TPSA) is 98.5 Å². The number of ether oxygens (including phenoxy) is 1. The lowest BCUT2D eigenvalue weighted by atomic mass is 10.2. The number of halogens is 1. The van der Waals surface area contributed by atoms with Gasteiger partial charge in [0.1, 0.15) is 0 Å². The van der Waals surface area contributed by atoms with Gasteiger partial charge >= 0.3 is 11.7 Å². The molecule has 26 heavy (non-hydrogen) atoms. The number of nitrogens with one attached hydrogen (secondary N) is 1. The number of carbonyl (C=O) groups excluding carboxylic acids is 2. The van der Waals surface area contributed by atoms with E-state index in [4.69, 9.17) is 4.74 Å². The fourth-order valence-corrected chi connectivity index (χ4v) is 1.97. The Bertz CT molecular complexity index is 852. The Morgan fingerprint density at radius 2 is 1.92 bits per heavy atom. The summed E-state index contributed by atoms with van der Waals surface area (Å²) < 4.78 is 18.2. The number of nitrogens with zero attached hydrogens (tertiary/aromatic N) is 1. The molecule has 0 saturated heterocycles. The molecule has 0 radical (unpaired) electrons. The number of rotatable bonds is 6. The first-order valence-corrected chi connectivity index (χ1v) is 7.55. The van der Waals surface area contributed by atoms with Gasteiger partial charge < -0.3 is 10.1 Å². The van der Waals surface area contributed by atoms with Crippen molar-refractivity contribution in [1.82, 2.24) is 0 Å². The Morgan fingerprint density at radius 1 is 1.23 bits per heavy atom. The minimum absolute atomic E-state index is 0.0193. The average Bonchev–Trinajstić information content (AvgIpc) is 2.62. The van der Waals surface area contributed by atoms with E-state index in [1.807, 2.05) is 18.2 Å². The fourth-order valence-electron chi connectivity index (χ4n) is 1.97. The summed E-state index contributed by atoms with van der Waals surface area (Å²) in [6.45, 7) is 1.35. The lowest BCUT2D eigenvalue weighted by Gasteiger charge is -2.12. The standard InChI is InChI=1S/C18H15FN2O5/c1-12(26-17(22)10-7-13-5-3-2-4-6-13)18(23)20-14-8-9-15(19)16(11-14)21(24)25/h2-12H,1H3,(H,20,23)/b10-7+/t12-/m0/s1. The van der Waals surface area contributed by atoms with Gasteiger partial charge in [0.15, 0.2) is 6.10 Å². The maximum atomic E-state index is 13.3. The van der Waals surface area contributed by atoms with Gasteiger partial charge in [0, 0.05) is 17.8 Å². The first-order valence-electron chi connectivity index (χ1n) is 7.55. The SMILES string of the molecule is C[C@H](OC(=O)/C=C/c1ccccc1)C(=O)Nc1ccc(F)c([N+](=O)[O-])c1. The Morgan fingerprint density at radius 3 is 2.58 bits per heavy atom. The molecule has 7 nitrogen and oxygen atoms in total. The highest BCUT2D eigenvalue weighted by atomic mass is 19.1. The zero-order valence-corrected chi connectivity index (χ0v) is 13.7. The lowest BCUT2D eigenvalue weighted by Crippen LogP contribution is -2.29. The Balaban J connectivity index is 1.95. The molecule has 0 aliphatic carbocycles. The normalized spacial score (nSPS) is 11.8. The molecule has 1 amide bonds. The monoisotopic (exact) mass is 358 g/mol. The number of nitro benzene ring substituents is 1. The van der Waals surface area contributed by atoms with Gasteiger partial charge in [-0.05, 0) is 30.7 Å². The summed E-state index contributed by atoms with van der Waals surface area (Å²) in [5, 5.41) is 13.0. The molecule has 1 atom stereocenters. The van der Waals surface area contributed by atoms with Crippen molar-refractivity contribution in [3.8, 4) is 0 Å². The summed E-state index contributed by atoms with van der Waals surface area (Å²) in [4.78, 5) is 33.6. The number of anilines is 1. The van der Waals surface area contributed by atoms with Crippen molar-refractivity contribution >= 4 is 29.3 Å². The van der Waals surface area contributed by atoms with Crippen LogP contribution < -0.4 is 5.32 Å². The molecule has 0 unspecified atom stereocenters. The van der Waals surface area contributed by atoms with Crippen LogP contribution in [-0.4, -0.2) is 22.9 Å². The Hall–Kier alpha value is -3.55. The van der Waals surface area contributed by atoms with Crippen molar-refractivity contribution in [3.05, 3.63) is 76.1 Å². The van der Waals surface area contributed by atoms with Gasteiger partial charge in [0.2, 0.25) is 5.82 Å². The van der Waals surface area contributed by atoms with Crippen molar-refractivity contribution in [3.63, 3.8) is 0 Å². The van der Waals surface area contributed by atoms with Crippen molar-refractivity contribution < 1.29 is 23.6 Å². The molecule has 134 valence electrons. The average molecular weight is 358 g/mol. The highest BCUT2D eigenvalue weighted by molar-refractivity contribution is 5.96. The predicted octanol–water partition coefficient (Wildman–Crippen LogP) is 3.32. The van der Waals surface area contributed by atoms with E-state index in [1.54, 1.807) is 12.1 Å². The molecule has 0 aliphatic rings. The summed E-state index contributed by atoms with van der Waals surface area (Å²) in [5.74, 6) is -2.44. The van der Waals surface area contributed by atoms with Crippen LogP contribution in [0, 0.1) is 15.9 Å². The van der Waals surface area contributed by atoms with E-state index in [9.17, 15) is 24.1 Å². The highest BCUT2D eigenvalue weighted by Gasteiger charge is 2.19. The molecule has 2 rings (SSSR count). The van der Waals surface area contributed by atoms with E-state index in [-0.39, 0.29) is 5.69 Å². The maximum Gasteiger partial charge on any atom is 0.331 e. The van der Waals surface area contributed by atoms with Crippen LogP contribution in [0.25, 0.3) is 6.08 Å². The van der Waals surface area contributed by atoms with Gasteiger partial charge in [-0.15, -0.1) is 0 Å². The molecular weight excluding hydrogens is 343 g/mol. The molecule has 8 heteroatoms. The fraction of sp³-hybridized carbons (Fsp3) is 0.111. The molecule has 0 bridgehead atoms. The number of esters is 1. The van der Waals surface area contributed by atoms with Crippen LogP contribution in [0.2, 0.25) is 0 Å². The van der Waals surface area contributed by atoms with E-state index in [1.165, 1.54) is 25.1 Å². The molecule has 0 fully saturated rings. The first-order chi connectivity index (χ1) is 12.4. The van der Waals surface area contributed by atoms with Crippen LogP contribution >= 0.6 is 0 Å². The minimum Gasteiger partial charge on any atom is -0.449 e. The number of hydrogen-bond acceptors (Lipinski definition) is 5. The quantitative estimate of drug-likeness (QED) is 0.370. The third-order valence-electron chi connectivity index (χ3n) is 3.28. The summed E-state index contributed by atoms with van der Waals surface area (Å²) in [6, 6.07) is 12.0. The summed E-state index contributed by atoms with van der Waals surface area (Å²) in [5.41, 5.74) is 0.0456. The zero-order chi connectivity index (χ0) is 19.1. The Labute approximate surface area is 148 Å². The minimum atomic E-state index is -1.15. The van der Waals surface area contributed by atoms with Crippen LogP contribution in [0.1, 0.15) is 12.5 Å². The molecule has 0 spiro atoms. The van der Waals surface area contributed by atoms with Gasteiger partial charge in [-0.1, -0.05) is 30.3 Å². The molecule has 2 aromatic carbocycles. The van der Waals surface area contributed by atoms with Gasteiger partial charge in [0.25, 0.3) is 5.91 Å². The van der Waals surface area contributed by atoms with Crippen LogP contribution in [0.5, 0.6) is 0 Å². The smallest absolute Gasteiger partial charge is 0.331 e. The lowest BCUT2D eigenvalue weighted by molar-refractivity contribution is -0.387. The first kappa shape index (κ1) is 18.8. The molecule has 1 N–H and O–H groups in total. The van der Waals surface area contributed by atoms with Crippen LogP contribution in [0.15, 0.2) is 54.6 Å². The number of hydrogen-bond donors (Lipinski definition) is 1. The summed E-state index contributed by atoms with van der Waals surface area (Å²) in [7, 11) is 0. The second-order valence-electron chi connectivity index (χ2n) is 5.24. The molecular formula is C18H15FN2O5. The van der Waals surface area contributed by atoms with E-state index < -0.39 is 34.4 Å². The van der Waals surface area contributed by atoms with E-state index in [0.29, 0.717) is 0 Å². The zero-order valence-electron chi connectivity index (χ0n) is 13.7. The maximum absolute atomic E-state index is 13.3.